The van der Waals surface area contributed by atoms with Crippen molar-refractivity contribution in [3.63, 3.8) is 0 Å². The lowest BCUT2D eigenvalue weighted by atomic mass is 10.2. The van der Waals surface area contributed by atoms with Gasteiger partial charge in [0.1, 0.15) is 5.65 Å². The third-order valence-electron chi connectivity index (χ3n) is 4.42. The molecule has 0 radical (unpaired) electrons. The highest BCUT2D eigenvalue weighted by atomic mass is 16.3. The van der Waals surface area contributed by atoms with Crippen molar-refractivity contribution < 1.29 is 14.0 Å². The zero-order valence-electron chi connectivity index (χ0n) is 13.9. The molecular weight excluding hydrogens is 320 g/mol. The molecule has 0 unspecified atom stereocenters. The third-order valence-corrected chi connectivity index (χ3v) is 4.42. The highest BCUT2D eigenvalue weighted by molar-refractivity contribution is 6.00. The molecule has 0 saturated carbocycles. The van der Waals surface area contributed by atoms with Crippen LogP contribution in [0.25, 0.3) is 5.65 Å². The molecule has 0 bridgehead atoms. The fraction of sp³-hybridized carbons (Fsp3) is 0.278. The predicted molar refractivity (Wildman–Crippen MR) is 90.4 cm³/mol. The molecule has 7 heteroatoms. The third kappa shape index (κ3) is 2.77. The number of hydrogen-bond acceptors (Lipinski definition) is 4. The second kappa shape index (κ2) is 6.08. The summed E-state index contributed by atoms with van der Waals surface area (Å²) in [7, 11) is 0. The van der Waals surface area contributed by atoms with Gasteiger partial charge < -0.3 is 18.6 Å². The number of carbonyl (C=O) groups excluding carboxylic acids is 2. The maximum Gasteiger partial charge on any atom is 0.289 e. The molecule has 0 aromatic carbocycles. The molecule has 0 spiro atoms. The van der Waals surface area contributed by atoms with Crippen molar-refractivity contribution in [2.45, 2.75) is 6.92 Å². The molecule has 3 aromatic rings. The molecule has 0 atom stereocenters. The number of piperazine rings is 1. The van der Waals surface area contributed by atoms with Gasteiger partial charge in [-0.1, -0.05) is 0 Å². The Hall–Kier alpha value is -3.09. The Morgan fingerprint density at radius 3 is 2.44 bits per heavy atom. The maximum atomic E-state index is 12.9. The van der Waals surface area contributed by atoms with Gasteiger partial charge in [0.15, 0.2) is 5.76 Å². The first kappa shape index (κ1) is 15.4. The van der Waals surface area contributed by atoms with Gasteiger partial charge in [0.25, 0.3) is 11.8 Å². The molecule has 7 nitrogen and oxygen atoms in total. The average Bonchev–Trinajstić information content (AvgIpc) is 3.29. The van der Waals surface area contributed by atoms with E-state index in [9.17, 15) is 9.59 Å². The zero-order valence-corrected chi connectivity index (χ0v) is 13.9. The van der Waals surface area contributed by atoms with Crippen LogP contribution in [0.3, 0.4) is 0 Å². The highest BCUT2D eigenvalue weighted by Gasteiger charge is 2.27. The number of aryl methyl sites for hydroxylation is 1. The van der Waals surface area contributed by atoms with Gasteiger partial charge in [0.05, 0.1) is 17.5 Å². The van der Waals surface area contributed by atoms with E-state index in [4.69, 9.17) is 4.42 Å². The second-order valence-electron chi connectivity index (χ2n) is 6.10. The second-order valence-corrected chi connectivity index (χ2v) is 6.10. The number of imidazole rings is 1. The minimum atomic E-state index is -0.136. The van der Waals surface area contributed by atoms with Crippen molar-refractivity contribution in [2.24, 2.45) is 0 Å². The number of carbonyl (C=O) groups is 2. The van der Waals surface area contributed by atoms with Crippen LogP contribution in [0.2, 0.25) is 0 Å². The van der Waals surface area contributed by atoms with E-state index in [0.29, 0.717) is 43.1 Å². The summed E-state index contributed by atoms with van der Waals surface area (Å²) in [5.41, 5.74) is 2.12. The number of pyridine rings is 1. The first-order valence-electron chi connectivity index (χ1n) is 8.20. The van der Waals surface area contributed by atoms with E-state index >= 15 is 0 Å². The van der Waals surface area contributed by atoms with Crippen LogP contribution in [0.1, 0.15) is 26.6 Å². The first-order valence-corrected chi connectivity index (χ1v) is 8.20. The van der Waals surface area contributed by atoms with Crippen LogP contribution >= 0.6 is 0 Å². The number of aromatic nitrogens is 2. The fourth-order valence-electron chi connectivity index (χ4n) is 3.14. The van der Waals surface area contributed by atoms with Gasteiger partial charge in [-0.2, -0.15) is 0 Å². The molecular formula is C18H18N4O3. The smallest absolute Gasteiger partial charge is 0.289 e. The SMILES string of the molecule is Cc1cn2cccc(C(=O)N3CCN(C(=O)c4ccco4)CC3)c2n1. The van der Waals surface area contributed by atoms with Crippen LogP contribution < -0.4 is 0 Å². The number of furan rings is 1. The standard InChI is InChI=1S/C18H18N4O3/c1-13-12-22-6-2-4-14(16(22)19-13)17(23)20-7-9-21(10-8-20)18(24)15-5-3-11-25-15/h2-6,11-12H,7-10H2,1H3. The lowest BCUT2D eigenvalue weighted by molar-refractivity contribution is 0.0519. The molecule has 25 heavy (non-hydrogen) atoms. The van der Waals surface area contributed by atoms with E-state index in [0.717, 1.165) is 5.69 Å². The molecule has 3 aromatic heterocycles. The summed E-state index contributed by atoms with van der Waals surface area (Å²) in [4.78, 5) is 33.1. The molecule has 0 aliphatic carbocycles. The summed E-state index contributed by atoms with van der Waals surface area (Å²) < 4.78 is 7.02. The molecule has 1 saturated heterocycles. The summed E-state index contributed by atoms with van der Waals surface area (Å²) >= 11 is 0. The summed E-state index contributed by atoms with van der Waals surface area (Å²) in [6.07, 6.45) is 5.26. The van der Waals surface area contributed by atoms with Gasteiger partial charge in [-0.3, -0.25) is 9.59 Å². The molecule has 1 fully saturated rings. The van der Waals surface area contributed by atoms with Crippen LogP contribution in [-0.2, 0) is 0 Å². The van der Waals surface area contributed by atoms with E-state index in [2.05, 4.69) is 4.98 Å². The van der Waals surface area contributed by atoms with Crippen LogP contribution in [-0.4, -0.2) is 57.2 Å². The molecule has 4 heterocycles. The van der Waals surface area contributed by atoms with Gasteiger partial charge >= 0.3 is 0 Å². The van der Waals surface area contributed by atoms with Gasteiger partial charge in [-0.15, -0.1) is 0 Å². The zero-order chi connectivity index (χ0) is 17.4. The molecule has 4 rings (SSSR count). The largest absolute Gasteiger partial charge is 0.459 e. The summed E-state index contributed by atoms with van der Waals surface area (Å²) in [5, 5.41) is 0. The molecule has 0 N–H and O–H groups in total. The topological polar surface area (TPSA) is 71.1 Å². The summed E-state index contributed by atoms with van der Waals surface area (Å²) in [5.74, 6) is 0.141. The number of hydrogen-bond donors (Lipinski definition) is 0. The van der Waals surface area contributed by atoms with Crippen molar-refractivity contribution in [1.29, 1.82) is 0 Å². The highest BCUT2D eigenvalue weighted by Crippen LogP contribution is 2.16. The molecule has 1 aliphatic rings. The van der Waals surface area contributed by atoms with Crippen molar-refractivity contribution in [3.8, 4) is 0 Å². The van der Waals surface area contributed by atoms with E-state index in [1.165, 1.54) is 6.26 Å². The van der Waals surface area contributed by atoms with Crippen LogP contribution in [0, 0.1) is 6.92 Å². The van der Waals surface area contributed by atoms with Gasteiger partial charge in [-0.05, 0) is 31.2 Å². The van der Waals surface area contributed by atoms with Gasteiger partial charge in [-0.25, -0.2) is 4.98 Å². The molecule has 2 amide bonds. The maximum absolute atomic E-state index is 12.9. The predicted octanol–water partition coefficient (Wildman–Crippen LogP) is 1.83. The Bertz CT molecular complexity index is 921. The molecule has 1 aliphatic heterocycles. The van der Waals surface area contributed by atoms with Crippen molar-refractivity contribution in [3.05, 3.63) is 59.9 Å². The monoisotopic (exact) mass is 338 g/mol. The lowest BCUT2D eigenvalue weighted by Crippen LogP contribution is -2.50. The van der Waals surface area contributed by atoms with E-state index < -0.39 is 0 Å². The van der Waals surface area contributed by atoms with Crippen LogP contribution in [0.4, 0.5) is 0 Å². The normalized spacial score (nSPS) is 14.9. The van der Waals surface area contributed by atoms with Gasteiger partial charge in [0, 0.05) is 38.6 Å². The van der Waals surface area contributed by atoms with E-state index in [1.54, 1.807) is 28.0 Å². The Balaban J connectivity index is 1.48. The van der Waals surface area contributed by atoms with Crippen molar-refractivity contribution >= 4 is 17.5 Å². The summed E-state index contributed by atoms with van der Waals surface area (Å²) in [6, 6.07) is 6.99. The fourth-order valence-corrected chi connectivity index (χ4v) is 3.14. The van der Waals surface area contributed by atoms with Crippen molar-refractivity contribution in [1.82, 2.24) is 19.2 Å². The number of nitrogens with zero attached hydrogens (tertiary/aromatic N) is 4. The number of rotatable bonds is 2. The minimum absolute atomic E-state index is 0.0544. The minimum Gasteiger partial charge on any atom is -0.459 e. The first-order chi connectivity index (χ1) is 12.1. The quantitative estimate of drug-likeness (QED) is 0.715. The van der Waals surface area contributed by atoms with Crippen LogP contribution in [0.15, 0.2) is 47.3 Å². The Morgan fingerprint density at radius 1 is 1.04 bits per heavy atom. The van der Waals surface area contributed by atoms with Crippen molar-refractivity contribution in [2.75, 3.05) is 26.2 Å². The Labute approximate surface area is 144 Å². The number of amides is 2. The van der Waals surface area contributed by atoms with E-state index in [-0.39, 0.29) is 11.8 Å². The number of fused-ring (bicyclic) bond motifs is 1. The Morgan fingerprint density at radius 2 is 1.76 bits per heavy atom. The molecule has 128 valence electrons. The van der Waals surface area contributed by atoms with Crippen LogP contribution in [0.5, 0.6) is 0 Å². The average molecular weight is 338 g/mol. The van der Waals surface area contributed by atoms with Gasteiger partial charge in [0.2, 0.25) is 0 Å². The Kier molecular flexibility index (Phi) is 3.76. The van der Waals surface area contributed by atoms with E-state index in [1.807, 2.05) is 29.8 Å². The lowest BCUT2D eigenvalue weighted by Gasteiger charge is -2.34. The summed E-state index contributed by atoms with van der Waals surface area (Å²) in [6.45, 7) is 3.86.